The molecule has 0 spiro atoms. The second kappa shape index (κ2) is 8.81. The first-order chi connectivity index (χ1) is 15.6. The van der Waals surface area contributed by atoms with Crippen molar-refractivity contribution in [1.29, 1.82) is 0 Å². The summed E-state index contributed by atoms with van der Waals surface area (Å²) in [5.74, 6) is -1.22. The number of hydrogen-bond acceptors (Lipinski definition) is 6. The Kier molecular flexibility index (Phi) is 6.06. The number of hydrogen-bond donors (Lipinski definition) is 1. The summed E-state index contributed by atoms with van der Waals surface area (Å²) in [4.78, 5) is 22.2. The summed E-state index contributed by atoms with van der Waals surface area (Å²) in [6.45, 7) is 0. The van der Waals surface area contributed by atoms with E-state index in [-0.39, 0.29) is 17.4 Å². The zero-order chi connectivity index (χ0) is 23.8. The first kappa shape index (κ1) is 22.7. The molecule has 2 aromatic carbocycles. The minimum absolute atomic E-state index is 0.0478. The van der Waals surface area contributed by atoms with Crippen LogP contribution in [-0.4, -0.2) is 31.3 Å². The maximum atomic E-state index is 14.2. The lowest BCUT2D eigenvalue weighted by Crippen LogP contribution is -2.18. The molecule has 0 unspecified atom stereocenters. The molecule has 1 N–H and O–H groups in total. The summed E-state index contributed by atoms with van der Waals surface area (Å²) in [5, 5.41) is 21.4. The van der Waals surface area contributed by atoms with E-state index in [0.29, 0.717) is 17.0 Å². The molecule has 8 nitrogen and oxygen atoms in total. The highest BCUT2D eigenvalue weighted by atomic mass is 32.2. The third kappa shape index (κ3) is 4.97. The lowest BCUT2D eigenvalue weighted by molar-refractivity contribution is -0.385. The van der Waals surface area contributed by atoms with Crippen molar-refractivity contribution in [3.8, 4) is 11.4 Å². The molecular formula is C20H15F4N5O3S. The molecule has 1 aromatic heterocycles. The summed E-state index contributed by atoms with van der Waals surface area (Å²) in [6.07, 6.45) is -3.24. The van der Waals surface area contributed by atoms with Crippen LogP contribution in [0.2, 0.25) is 0 Å². The van der Waals surface area contributed by atoms with Gasteiger partial charge in [-0.2, -0.15) is 13.2 Å². The number of halogens is 4. The van der Waals surface area contributed by atoms with Crippen LogP contribution in [-0.2, 0) is 11.0 Å². The van der Waals surface area contributed by atoms with Gasteiger partial charge in [0.15, 0.2) is 11.0 Å². The smallest absolute Gasteiger partial charge is 0.325 e. The highest BCUT2D eigenvalue weighted by Crippen LogP contribution is 2.41. The molecule has 1 amide bonds. The molecule has 1 heterocycles. The van der Waals surface area contributed by atoms with Crippen LogP contribution in [0.15, 0.2) is 47.6 Å². The van der Waals surface area contributed by atoms with E-state index < -0.39 is 39.8 Å². The van der Waals surface area contributed by atoms with Crippen molar-refractivity contribution in [3.05, 3.63) is 64.0 Å². The molecule has 13 heteroatoms. The normalized spacial score (nSPS) is 13.7. The number of benzene rings is 2. The first-order valence-corrected chi connectivity index (χ1v) is 10.6. The van der Waals surface area contributed by atoms with Crippen LogP contribution in [0, 0.1) is 15.9 Å². The SMILES string of the molecule is O=C(CSc1nnc(-c2ccccc2F)n1C1CC1)Nc1ccc([N+](=O)[O-])cc1C(F)(F)F. The maximum absolute atomic E-state index is 14.2. The number of nitrogens with zero attached hydrogens (tertiary/aromatic N) is 4. The lowest BCUT2D eigenvalue weighted by atomic mass is 10.1. The molecule has 1 aliphatic rings. The van der Waals surface area contributed by atoms with E-state index in [1.807, 2.05) is 0 Å². The number of non-ortho nitro benzene ring substituents is 1. The molecule has 33 heavy (non-hydrogen) atoms. The van der Waals surface area contributed by atoms with Crippen molar-refractivity contribution in [1.82, 2.24) is 14.8 Å². The molecule has 1 saturated carbocycles. The highest BCUT2D eigenvalue weighted by Gasteiger charge is 2.36. The summed E-state index contributed by atoms with van der Waals surface area (Å²) in [5.41, 5.74) is -2.39. The Morgan fingerprint density at radius 3 is 2.58 bits per heavy atom. The molecule has 3 aromatic rings. The van der Waals surface area contributed by atoms with Gasteiger partial charge in [-0.1, -0.05) is 23.9 Å². The van der Waals surface area contributed by atoms with Gasteiger partial charge in [0.05, 0.1) is 27.5 Å². The number of rotatable bonds is 7. The van der Waals surface area contributed by atoms with Crippen molar-refractivity contribution < 1.29 is 27.3 Å². The number of aromatic nitrogens is 3. The summed E-state index contributed by atoms with van der Waals surface area (Å²) in [7, 11) is 0. The van der Waals surface area contributed by atoms with E-state index in [1.165, 1.54) is 6.07 Å². The van der Waals surface area contributed by atoms with Crippen LogP contribution in [0.5, 0.6) is 0 Å². The van der Waals surface area contributed by atoms with E-state index in [9.17, 15) is 32.5 Å². The average Bonchev–Trinajstić information content (AvgIpc) is 3.51. The van der Waals surface area contributed by atoms with Crippen LogP contribution in [0.3, 0.4) is 0 Å². The van der Waals surface area contributed by atoms with Gasteiger partial charge in [0, 0.05) is 18.2 Å². The third-order valence-electron chi connectivity index (χ3n) is 4.82. The van der Waals surface area contributed by atoms with Crippen molar-refractivity contribution in [2.45, 2.75) is 30.2 Å². The van der Waals surface area contributed by atoms with Crippen molar-refractivity contribution in [2.75, 3.05) is 11.1 Å². The van der Waals surface area contributed by atoms with E-state index in [1.54, 1.807) is 22.8 Å². The molecule has 0 saturated heterocycles. The first-order valence-electron chi connectivity index (χ1n) is 9.63. The average molecular weight is 481 g/mol. The zero-order valence-electron chi connectivity index (χ0n) is 16.7. The van der Waals surface area contributed by atoms with E-state index >= 15 is 0 Å². The summed E-state index contributed by atoms with van der Waals surface area (Å²) < 4.78 is 55.9. The van der Waals surface area contributed by atoms with Crippen LogP contribution in [0.4, 0.5) is 28.9 Å². The number of nitro benzene ring substituents is 1. The molecule has 0 aliphatic heterocycles. The minimum atomic E-state index is -4.90. The maximum Gasteiger partial charge on any atom is 0.418 e. The van der Waals surface area contributed by atoms with Crippen molar-refractivity contribution in [3.63, 3.8) is 0 Å². The largest absolute Gasteiger partial charge is 0.418 e. The van der Waals surface area contributed by atoms with Gasteiger partial charge in [0.1, 0.15) is 5.82 Å². The van der Waals surface area contributed by atoms with Crippen molar-refractivity contribution >= 4 is 29.0 Å². The van der Waals surface area contributed by atoms with Gasteiger partial charge >= 0.3 is 6.18 Å². The Morgan fingerprint density at radius 1 is 1.21 bits per heavy atom. The predicted octanol–water partition coefficient (Wildman–Crippen LogP) is 5.08. The Hall–Kier alpha value is -3.48. The number of amides is 1. The number of carbonyl (C=O) groups is 1. The quantitative estimate of drug-likeness (QED) is 0.219. The molecule has 1 aliphatic carbocycles. The highest BCUT2D eigenvalue weighted by molar-refractivity contribution is 7.99. The number of carbonyl (C=O) groups excluding carboxylic acids is 1. The second-order valence-corrected chi connectivity index (χ2v) is 8.15. The van der Waals surface area contributed by atoms with Crippen LogP contribution < -0.4 is 5.32 Å². The summed E-state index contributed by atoms with van der Waals surface area (Å²) >= 11 is 0.951. The Balaban J connectivity index is 1.52. The number of nitrogens with one attached hydrogen (secondary N) is 1. The molecule has 4 rings (SSSR count). The summed E-state index contributed by atoms with van der Waals surface area (Å²) in [6, 6.07) is 8.20. The van der Waals surface area contributed by atoms with Gasteiger partial charge in [0.25, 0.3) is 5.69 Å². The standard InChI is InChI=1S/C20H15F4N5O3S/c21-15-4-2-1-3-13(15)18-26-27-19(28(18)11-5-6-11)33-10-17(30)25-16-8-7-12(29(31)32)9-14(16)20(22,23)24/h1-4,7-9,11H,5-6,10H2,(H,25,30). The fraction of sp³-hybridized carbons (Fsp3) is 0.250. The fourth-order valence-electron chi connectivity index (χ4n) is 3.17. The van der Waals surface area contributed by atoms with Gasteiger partial charge in [-0.3, -0.25) is 19.5 Å². The number of alkyl halides is 3. The van der Waals surface area contributed by atoms with E-state index in [2.05, 4.69) is 15.5 Å². The molecular weight excluding hydrogens is 466 g/mol. The minimum Gasteiger partial charge on any atom is -0.325 e. The predicted molar refractivity (Wildman–Crippen MR) is 111 cm³/mol. The second-order valence-electron chi connectivity index (χ2n) is 7.21. The molecule has 172 valence electrons. The number of nitro groups is 1. The van der Waals surface area contributed by atoms with Crippen molar-refractivity contribution in [2.24, 2.45) is 0 Å². The zero-order valence-corrected chi connectivity index (χ0v) is 17.5. The number of thioether (sulfide) groups is 1. The Bertz CT molecular complexity index is 1230. The van der Waals surface area contributed by atoms with E-state index in [4.69, 9.17) is 0 Å². The third-order valence-corrected chi connectivity index (χ3v) is 5.76. The number of anilines is 1. The fourth-order valence-corrected chi connectivity index (χ4v) is 3.97. The Labute approximate surface area is 188 Å². The van der Waals surface area contributed by atoms with Gasteiger partial charge in [-0.25, -0.2) is 4.39 Å². The topological polar surface area (TPSA) is 103 Å². The van der Waals surface area contributed by atoms with Crippen LogP contribution >= 0.6 is 11.8 Å². The van der Waals surface area contributed by atoms with E-state index in [0.717, 1.165) is 36.7 Å². The molecule has 0 radical (unpaired) electrons. The van der Waals surface area contributed by atoms with Crippen LogP contribution in [0.1, 0.15) is 24.4 Å². The monoisotopic (exact) mass is 481 g/mol. The molecule has 1 fully saturated rings. The van der Waals surface area contributed by atoms with Crippen LogP contribution in [0.25, 0.3) is 11.4 Å². The molecule has 0 atom stereocenters. The van der Waals surface area contributed by atoms with Gasteiger partial charge < -0.3 is 5.32 Å². The Morgan fingerprint density at radius 2 is 1.94 bits per heavy atom. The van der Waals surface area contributed by atoms with Gasteiger partial charge in [-0.05, 0) is 31.0 Å². The molecule has 0 bridgehead atoms. The lowest BCUT2D eigenvalue weighted by Gasteiger charge is -2.13. The van der Waals surface area contributed by atoms with Gasteiger partial charge in [0.2, 0.25) is 5.91 Å². The van der Waals surface area contributed by atoms with Gasteiger partial charge in [-0.15, -0.1) is 10.2 Å².